The number of nitrogens with zero attached hydrogens (tertiary/aromatic N) is 2. The number of urea groups is 1. The molecule has 1 heterocycles. The number of hydrogen-bond acceptors (Lipinski definition) is 2. The smallest absolute Gasteiger partial charge is 0.346 e. The Kier molecular flexibility index (Phi) is 3.00. The molecule has 19 heavy (non-hydrogen) atoms. The molecule has 1 spiro atoms. The molecule has 0 radical (unpaired) electrons. The number of amidine groups is 1. The summed E-state index contributed by atoms with van der Waals surface area (Å²) in [7, 11) is 0. The van der Waals surface area contributed by atoms with Gasteiger partial charge in [-0.3, -0.25) is 0 Å². The van der Waals surface area contributed by atoms with E-state index in [0.717, 1.165) is 19.3 Å². The molecule has 1 aliphatic carbocycles. The van der Waals surface area contributed by atoms with E-state index in [2.05, 4.69) is 32.7 Å². The molecule has 0 bridgehead atoms. The van der Waals surface area contributed by atoms with Crippen molar-refractivity contribution in [2.75, 3.05) is 0 Å². The van der Waals surface area contributed by atoms with Crippen LogP contribution in [-0.2, 0) is 0 Å². The molecule has 1 fully saturated rings. The van der Waals surface area contributed by atoms with Gasteiger partial charge in [-0.25, -0.2) is 4.79 Å². The minimum absolute atomic E-state index is 0.127. The molecule has 0 unspecified atom stereocenters. The molecule has 0 aromatic carbocycles. The van der Waals surface area contributed by atoms with Gasteiger partial charge in [-0.1, -0.05) is 27.7 Å². The standard InChI is InChI=1S/C15H27N3O/c1-10(2)18-12(19)17-11(16)15(18)8-13(3,4)7-14(5,6)9-15/h10H,7-9H2,1-6H3,(H2,16,17,19). The molecule has 1 aliphatic heterocycles. The maximum absolute atomic E-state index is 12.2. The predicted molar refractivity (Wildman–Crippen MR) is 78.1 cm³/mol. The highest BCUT2D eigenvalue weighted by molar-refractivity contribution is 6.06. The third-order valence-electron chi connectivity index (χ3n) is 4.38. The highest BCUT2D eigenvalue weighted by Gasteiger charge is 2.57. The molecule has 0 atom stereocenters. The number of aliphatic imine (C=N–C) groups is 1. The van der Waals surface area contributed by atoms with Gasteiger partial charge in [-0.05, 0) is 43.9 Å². The van der Waals surface area contributed by atoms with Crippen LogP contribution in [0.1, 0.15) is 60.8 Å². The van der Waals surface area contributed by atoms with Gasteiger partial charge in [0.25, 0.3) is 0 Å². The maximum Gasteiger partial charge on any atom is 0.346 e. The molecular weight excluding hydrogens is 238 g/mol. The third kappa shape index (κ3) is 2.26. The van der Waals surface area contributed by atoms with Gasteiger partial charge in [0, 0.05) is 6.04 Å². The van der Waals surface area contributed by atoms with Crippen LogP contribution in [0.5, 0.6) is 0 Å². The van der Waals surface area contributed by atoms with E-state index in [1.807, 2.05) is 18.7 Å². The zero-order valence-electron chi connectivity index (χ0n) is 13.1. The summed E-state index contributed by atoms with van der Waals surface area (Å²) in [4.78, 5) is 18.2. The van der Waals surface area contributed by atoms with Crippen molar-refractivity contribution < 1.29 is 4.79 Å². The fourth-order valence-corrected chi connectivity index (χ4v) is 4.70. The van der Waals surface area contributed by atoms with E-state index in [4.69, 9.17) is 5.73 Å². The zero-order valence-corrected chi connectivity index (χ0v) is 13.1. The van der Waals surface area contributed by atoms with Crippen molar-refractivity contribution in [3.8, 4) is 0 Å². The van der Waals surface area contributed by atoms with Crippen LogP contribution in [0.15, 0.2) is 4.99 Å². The van der Waals surface area contributed by atoms with E-state index >= 15 is 0 Å². The Morgan fingerprint density at radius 2 is 1.58 bits per heavy atom. The first-order valence-corrected chi connectivity index (χ1v) is 7.17. The summed E-state index contributed by atoms with van der Waals surface area (Å²) in [6.45, 7) is 13.2. The molecule has 2 rings (SSSR count). The first-order valence-electron chi connectivity index (χ1n) is 7.17. The second kappa shape index (κ2) is 3.97. The van der Waals surface area contributed by atoms with E-state index in [9.17, 15) is 4.79 Å². The molecule has 0 aromatic rings. The van der Waals surface area contributed by atoms with Gasteiger partial charge in [-0.2, -0.15) is 4.99 Å². The normalized spacial score (nSPS) is 28.1. The van der Waals surface area contributed by atoms with Gasteiger partial charge in [0.15, 0.2) is 0 Å². The van der Waals surface area contributed by atoms with Gasteiger partial charge in [0.05, 0.1) is 0 Å². The van der Waals surface area contributed by atoms with Crippen LogP contribution >= 0.6 is 0 Å². The van der Waals surface area contributed by atoms with Crippen LogP contribution in [0.2, 0.25) is 0 Å². The fourth-order valence-electron chi connectivity index (χ4n) is 4.70. The zero-order chi connectivity index (χ0) is 14.6. The Balaban J connectivity index is 2.50. The quantitative estimate of drug-likeness (QED) is 0.791. The molecule has 4 heteroatoms. The Morgan fingerprint density at radius 3 is 2.00 bits per heavy atom. The number of carbonyl (C=O) groups is 1. The molecule has 2 aliphatic rings. The Hall–Kier alpha value is -1.06. The van der Waals surface area contributed by atoms with E-state index in [0.29, 0.717) is 5.84 Å². The Morgan fingerprint density at radius 1 is 1.11 bits per heavy atom. The predicted octanol–water partition coefficient (Wildman–Crippen LogP) is 3.16. The minimum atomic E-state index is -0.378. The minimum Gasteiger partial charge on any atom is -0.385 e. The van der Waals surface area contributed by atoms with Gasteiger partial charge in [0.2, 0.25) is 0 Å². The molecule has 0 aromatic heterocycles. The number of amides is 2. The van der Waals surface area contributed by atoms with Crippen LogP contribution < -0.4 is 5.73 Å². The number of carbonyl (C=O) groups excluding carboxylic acids is 1. The maximum atomic E-state index is 12.2. The van der Waals surface area contributed by atoms with Gasteiger partial charge < -0.3 is 10.6 Å². The van der Waals surface area contributed by atoms with Crippen molar-refractivity contribution in [3.63, 3.8) is 0 Å². The molecule has 4 nitrogen and oxygen atoms in total. The van der Waals surface area contributed by atoms with Crippen LogP contribution in [-0.4, -0.2) is 28.3 Å². The lowest BCUT2D eigenvalue weighted by Gasteiger charge is -2.54. The van der Waals surface area contributed by atoms with Crippen molar-refractivity contribution in [3.05, 3.63) is 0 Å². The highest BCUT2D eigenvalue weighted by atomic mass is 16.2. The summed E-state index contributed by atoms with van der Waals surface area (Å²) in [6, 6.07) is -0.0389. The average molecular weight is 265 g/mol. The summed E-state index contributed by atoms with van der Waals surface area (Å²) in [5.74, 6) is 0.520. The van der Waals surface area contributed by atoms with Crippen LogP contribution in [0.4, 0.5) is 4.79 Å². The largest absolute Gasteiger partial charge is 0.385 e. The number of hydrogen-bond donors (Lipinski definition) is 1. The molecule has 2 N–H and O–H groups in total. The fraction of sp³-hybridized carbons (Fsp3) is 0.867. The second-order valence-electron chi connectivity index (χ2n) is 8.13. The lowest BCUT2D eigenvalue weighted by atomic mass is 9.57. The van der Waals surface area contributed by atoms with Crippen molar-refractivity contribution in [2.24, 2.45) is 21.6 Å². The number of nitrogens with two attached hydrogens (primary N) is 1. The average Bonchev–Trinajstić information content (AvgIpc) is 2.30. The van der Waals surface area contributed by atoms with E-state index in [1.54, 1.807) is 0 Å². The van der Waals surface area contributed by atoms with E-state index in [-0.39, 0.29) is 28.4 Å². The Labute approximate surface area is 116 Å². The molecule has 108 valence electrons. The third-order valence-corrected chi connectivity index (χ3v) is 4.38. The summed E-state index contributed by atoms with van der Waals surface area (Å²) in [5.41, 5.74) is 6.15. The first kappa shape index (κ1) is 14.4. The van der Waals surface area contributed by atoms with Crippen molar-refractivity contribution >= 4 is 11.9 Å². The molecule has 0 saturated heterocycles. The van der Waals surface area contributed by atoms with Crippen molar-refractivity contribution in [1.82, 2.24) is 4.90 Å². The van der Waals surface area contributed by atoms with Crippen molar-refractivity contribution in [2.45, 2.75) is 72.4 Å². The van der Waals surface area contributed by atoms with E-state index < -0.39 is 0 Å². The summed E-state index contributed by atoms with van der Waals surface area (Å²) in [6.07, 6.45) is 2.96. The molecule has 1 saturated carbocycles. The molecule has 2 amide bonds. The lowest BCUT2D eigenvalue weighted by molar-refractivity contribution is 0.00583. The lowest BCUT2D eigenvalue weighted by Crippen LogP contribution is -2.62. The van der Waals surface area contributed by atoms with Gasteiger partial charge >= 0.3 is 6.03 Å². The molecular formula is C15H27N3O. The monoisotopic (exact) mass is 265 g/mol. The number of rotatable bonds is 1. The van der Waals surface area contributed by atoms with Crippen LogP contribution in [0, 0.1) is 10.8 Å². The van der Waals surface area contributed by atoms with Crippen molar-refractivity contribution in [1.29, 1.82) is 0 Å². The SMILES string of the molecule is CC(C)N1C(=O)N=C(N)C12CC(C)(C)CC(C)(C)C2. The summed E-state index contributed by atoms with van der Waals surface area (Å²) >= 11 is 0. The van der Waals surface area contributed by atoms with Crippen LogP contribution in [0.3, 0.4) is 0 Å². The van der Waals surface area contributed by atoms with Gasteiger partial charge in [0.1, 0.15) is 11.4 Å². The highest BCUT2D eigenvalue weighted by Crippen LogP contribution is 2.53. The van der Waals surface area contributed by atoms with E-state index in [1.165, 1.54) is 0 Å². The Bertz CT molecular complexity index is 419. The first-order chi connectivity index (χ1) is 8.49. The summed E-state index contributed by atoms with van der Waals surface area (Å²) < 4.78 is 0. The second-order valence-corrected chi connectivity index (χ2v) is 8.13. The van der Waals surface area contributed by atoms with Gasteiger partial charge in [-0.15, -0.1) is 0 Å². The summed E-state index contributed by atoms with van der Waals surface area (Å²) in [5, 5.41) is 0. The van der Waals surface area contributed by atoms with Crippen LogP contribution in [0.25, 0.3) is 0 Å². The topological polar surface area (TPSA) is 58.7 Å².